The van der Waals surface area contributed by atoms with Gasteiger partial charge in [-0.05, 0) is 24.6 Å². The lowest BCUT2D eigenvalue weighted by molar-refractivity contribution is -0.166. The van der Waals surface area contributed by atoms with Gasteiger partial charge in [0.2, 0.25) is 11.8 Å². The summed E-state index contributed by atoms with van der Waals surface area (Å²) < 4.78 is 27.6. The number of aromatic nitrogens is 3. The molecular weight excluding hydrogens is 464 g/mol. The molecule has 13 nitrogen and oxygen atoms in total. The molecule has 1 saturated heterocycles. The topological polar surface area (TPSA) is 157 Å². The Balaban J connectivity index is 2.03. The molecule has 1 aromatic carbocycles. The molecule has 1 aromatic heterocycles. The first kappa shape index (κ1) is 25.6. The molecule has 0 unspecified atom stereocenters. The zero-order valence-corrected chi connectivity index (χ0v) is 19.8. The summed E-state index contributed by atoms with van der Waals surface area (Å²) in [4.78, 5) is 51.7. The maximum atomic E-state index is 12.5. The Hall–Kier alpha value is -4.00. The van der Waals surface area contributed by atoms with Gasteiger partial charge in [0.25, 0.3) is 0 Å². The maximum absolute atomic E-state index is 12.5. The van der Waals surface area contributed by atoms with Gasteiger partial charge in [0.1, 0.15) is 12.7 Å². The fraction of sp³-hybridized carbons (Fsp3) is 0.455. The van der Waals surface area contributed by atoms with Crippen LogP contribution in [0.1, 0.15) is 43.2 Å². The third-order valence-electron chi connectivity index (χ3n) is 4.85. The SMILES string of the molecule is COC(=O)c1nc(Nc2cccc(C)c2)nn1[C@@H]1O[C@H](COC(C)=O)[C@@H](OC(C)=O)[C@H]1OC(C)=O. The Labute approximate surface area is 200 Å². The highest BCUT2D eigenvalue weighted by atomic mass is 16.7. The second-order valence-electron chi connectivity index (χ2n) is 7.71. The first-order valence-corrected chi connectivity index (χ1v) is 10.6. The van der Waals surface area contributed by atoms with E-state index in [9.17, 15) is 19.2 Å². The molecule has 1 N–H and O–H groups in total. The quantitative estimate of drug-likeness (QED) is 0.420. The molecule has 0 aliphatic carbocycles. The number of esters is 4. The van der Waals surface area contributed by atoms with Crippen molar-refractivity contribution in [2.45, 2.75) is 52.2 Å². The number of carbonyl (C=O) groups excluding carboxylic acids is 4. The van der Waals surface area contributed by atoms with Crippen molar-refractivity contribution in [1.29, 1.82) is 0 Å². The predicted octanol–water partition coefficient (Wildman–Crippen LogP) is 1.44. The molecule has 0 amide bonds. The van der Waals surface area contributed by atoms with Crippen LogP contribution in [0.5, 0.6) is 0 Å². The summed E-state index contributed by atoms with van der Waals surface area (Å²) in [6, 6.07) is 7.37. The van der Waals surface area contributed by atoms with Crippen molar-refractivity contribution in [2.75, 3.05) is 19.0 Å². The average Bonchev–Trinajstić information content (AvgIpc) is 3.32. The Bertz CT molecular complexity index is 1120. The maximum Gasteiger partial charge on any atom is 0.376 e. The molecule has 0 spiro atoms. The number of nitrogens with zero attached hydrogens (tertiary/aromatic N) is 3. The summed E-state index contributed by atoms with van der Waals surface area (Å²) in [5.41, 5.74) is 1.64. The van der Waals surface area contributed by atoms with Crippen LogP contribution in [0.4, 0.5) is 11.6 Å². The zero-order valence-electron chi connectivity index (χ0n) is 19.8. The van der Waals surface area contributed by atoms with Gasteiger partial charge in [-0.25, -0.2) is 9.48 Å². The lowest BCUT2D eigenvalue weighted by Crippen LogP contribution is -2.41. The van der Waals surface area contributed by atoms with E-state index in [0.717, 1.165) is 17.2 Å². The first-order valence-electron chi connectivity index (χ1n) is 10.6. The number of ether oxygens (including phenoxy) is 5. The van der Waals surface area contributed by atoms with Crippen LogP contribution in [-0.4, -0.2) is 70.7 Å². The lowest BCUT2D eigenvalue weighted by Gasteiger charge is -2.23. The van der Waals surface area contributed by atoms with Crippen LogP contribution < -0.4 is 5.32 Å². The molecular formula is C22H26N4O9. The highest BCUT2D eigenvalue weighted by Crippen LogP contribution is 2.35. The summed E-state index contributed by atoms with van der Waals surface area (Å²) in [5.74, 6) is -3.05. The zero-order chi connectivity index (χ0) is 25.7. The fourth-order valence-electron chi connectivity index (χ4n) is 3.53. The number of anilines is 2. The second kappa shape index (κ2) is 11.0. The van der Waals surface area contributed by atoms with E-state index in [1.807, 2.05) is 25.1 Å². The van der Waals surface area contributed by atoms with Crippen LogP contribution in [0.15, 0.2) is 24.3 Å². The standard InChI is InChI=1S/C22H26N4O9/c1-11-7-6-8-15(9-11)23-22-24-19(21(30)31-5)26(25-22)20-18(34-14(4)29)17(33-13(3)28)16(35-20)10-32-12(2)27/h6-9,16-18,20H,10H2,1-5H3,(H,23,25)/t16-,17-,18-,20-/m1/s1. The van der Waals surface area contributed by atoms with Crippen LogP contribution in [0.2, 0.25) is 0 Å². The van der Waals surface area contributed by atoms with Crippen molar-refractivity contribution < 1.29 is 42.9 Å². The molecule has 0 radical (unpaired) electrons. The van der Waals surface area contributed by atoms with E-state index >= 15 is 0 Å². The summed E-state index contributed by atoms with van der Waals surface area (Å²) >= 11 is 0. The van der Waals surface area contributed by atoms with Crippen molar-refractivity contribution in [2.24, 2.45) is 0 Å². The molecule has 1 fully saturated rings. The molecule has 1 aliphatic heterocycles. The molecule has 0 saturated carbocycles. The third-order valence-corrected chi connectivity index (χ3v) is 4.85. The van der Waals surface area contributed by atoms with Crippen LogP contribution in [0.25, 0.3) is 0 Å². The van der Waals surface area contributed by atoms with Crippen molar-refractivity contribution in [3.63, 3.8) is 0 Å². The van der Waals surface area contributed by atoms with Crippen LogP contribution in [0, 0.1) is 6.92 Å². The van der Waals surface area contributed by atoms with Gasteiger partial charge in [0.05, 0.1) is 7.11 Å². The lowest BCUT2D eigenvalue weighted by atomic mass is 10.1. The van der Waals surface area contributed by atoms with Crippen molar-refractivity contribution in [1.82, 2.24) is 14.8 Å². The van der Waals surface area contributed by atoms with Gasteiger partial charge in [-0.3, -0.25) is 14.4 Å². The second-order valence-corrected chi connectivity index (χ2v) is 7.71. The van der Waals surface area contributed by atoms with E-state index in [0.29, 0.717) is 5.69 Å². The van der Waals surface area contributed by atoms with Crippen LogP contribution in [0.3, 0.4) is 0 Å². The summed E-state index contributed by atoms with van der Waals surface area (Å²) in [6.07, 6.45) is -4.70. The average molecular weight is 490 g/mol. The summed E-state index contributed by atoms with van der Waals surface area (Å²) in [7, 11) is 1.17. The number of rotatable bonds is 8. The highest BCUT2D eigenvalue weighted by Gasteiger charge is 2.52. The summed E-state index contributed by atoms with van der Waals surface area (Å²) in [5, 5.41) is 7.31. The van der Waals surface area contributed by atoms with E-state index in [-0.39, 0.29) is 18.4 Å². The number of carbonyl (C=O) groups is 4. The van der Waals surface area contributed by atoms with Gasteiger partial charge in [-0.15, -0.1) is 5.10 Å². The molecule has 2 heterocycles. The van der Waals surface area contributed by atoms with Gasteiger partial charge < -0.3 is 29.0 Å². The molecule has 188 valence electrons. The Kier molecular flexibility index (Phi) is 8.02. The Morgan fingerprint density at radius 2 is 1.74 bits per heavy atom. The number of benzene rings is 1. The minimum atomic E-state index is -1.27. The van der Waals surface area contributed by atoms with Gasteiger partial charge in [-0.1, -0.05) is 12.1 Å². The van der Waals surface area contributed by atoms with Gasteiger partial charge in [0.15, 0.2) is 18.4 Å². The van der Waals surface area contributed by atoms with E-state index in [1.165, 1.54) is 21.0 Å². The Morgan fingerprint density at radius 1 is 1.06 bits per heavy atom. The van der Waals surface area contributed by atoms with Crippen molar-refractivity contribution in [3.05, 3.63) is 35.7 Å². The monoisotopic (exact) mass is 490 g/mol. The predicted molar refractivity (Wildman–Crippen MR) is 117 cm³/mol. The minimum Gasteiger partial charge on any atom is -0.463 e. The molecule has 2 aromatic rings. The third kappa shape index (κ3) is 6.32. The smallest absolute Gasteiger partial charge is 0.376 e. The molecule has 0 bridgehead atoms. The normalized spacial score (nSPS) is 21.2. The number of methoxy groups -OCH3 is 1. The molecule has 3 rings (SSSR count). The minimum absolute atomic E-state index is 0.0358. The van der Waals surface area contributed by atoms with Crippen LogP contribution in [-0.2, 0) is 38.1 Å². The highest BCUT2D eigenvalue weighted by molar-refractivity contribution is 5.86. The van der Waals surface area contributed by atoms with Crippen molar-refractivity contribution >= 4 is 35.5 Å². The van der Waals surface area contributed by atoms with Gasteiger partial charge in [-0.2, -0.15) is 4.98 Å². The fourth-order valence-corrected chi connectivity index (χ4v) is 3.53. The summed E-state index contributed by atoms with van der Waals surface area (Å²) in [6.45, 7) is 5.13. The van der Waals surface area contributed by atoms with Gasteiger partial charge >= 0.3 is 23.9 Å². The Morgan fingerprint density at radius 3 is 2.34 bits per heavy atom. The van der Waals surface area contributed by atoms with Gasteiger partial charge in [0, 0.05) is 26.5 Å². The van der Waals surface area contributed by atoms with E-state index in [1.54, 1.807) is 6.07 Å². The molecule has 35 heavy (non-hydrogen) atoms. The number of nitrogens with one attached hydrogen (secondary N) is 1. The number of hydrogen-bond acceptors (Lipinski definition) is 12. The van der Waals surface area contributed by atoms with E-state index in [2.05, 4.69) is 15.4 Å². The van der Waals surface area contributed by atoms with E-state index < -0.39 is 48.4 Å². The molecule has 13 heteroatoms. The van der Waals surface area contributed by atoms with E-state index in [4.69, 9.17) is 23.7 Å². The number of aryl methyl sites for hydroxylation is 1. The largest absolute Gasteiger partial charge is 0.463 e. The van der Waals surface area contributed by atoms with Crippen LogP contribution >= 0.6 is 0 Å². The van der Waals surface area contributed by atoms with Crippen molar-refractivity contribution in [3.8, 4) is 0 Å². The first-order chi connectivity index (χ1) is 16.6. The molecule has 1 aliphatic rings. The molecule has 4 atom stereocenters. The number of hydrogen-bond donors (Lipinski definition) is 1.